The molecule has 2 aromatic rings. The van der Waals surface area contributed by atoms with Crippen LogP contribution in [0.5, 0.6) is 0 Å². The third-order valence-electron chi connectivity index (χ3n) is 3.62. The highest BCUT2D eigenvalue weighted by Gasteiger charge is 2.42. The number of carbonyl (C=O) groups is 2. The van der Waals surface area contributed by atoms with Crippen molar-refractivity contribution in [1.82, 2.24) is 9.78 Å². The summed E-state index contributed by atoms with van der Waals surface area (Å²) in [7, 11) is 0. The van der Waals surface area contributed by atoms with Crippen LogP contribution in [0.2, 0.25) is 5.02 Å². The molecule has 0 saturated carbocycles. The van der Waals surface area contributed by atoms with E-state index in [1.54, 1.807) is 24.6 Å². The molecular weight excluding hydrogens is 276 g/mol. The Morgan fingerprint density at radius 1 is 1.25 bits per heavy atom. The van der Waals surface area contributed by atoms with E-state index < -0.39 is 11.2 Å². The van der Waals surface area contributed by atoms with E-state index in [1.807, 2.05) is 18.2 Å². The summed E-state index contributed by atoms with van der Waals surface area (Å²) >= 11 is 6.18. The van der Waals surface area contributed by atoms with Gasteiger partial charge in [0.1, 0.15) is 0 Å². The van der Waals surface area contributed by atoms with Gasteiger partial charge in [-0.05, 0) is 12.1 Å². The number of para-hydroxylation sites is 1. The average Bonchev–Trinajstić information content (AvgIpc) is 2.80. The van der Waals surface area contributed by atoms with Gasteiger partial charge in [-0.1, -0.05) is 37.6 Å². The lowest BCUT2D eigenvalue weighted by Gasteiger charge is -2.27. The molecule has 5 heteroatoms. The first-order valence-corrected chi connectivity index (χ1v) is 6.70. The molecular formula is C15H13ClN2O2. The van der Waals surface area contributed by atoms with Crippen molar-refractivity contribution in [2.75, 3.05) is 0 Å². The van der Waals surface area contributed by atoms with E-state index in [-0.39, 0.29) is 5.78 Å². The molecule has 0 atom stereocenters. The molecule has 0 unspecified atom stereocenters. The van der Waals surface area contributed by atoms with Gasteiger partial charge in [-0.3, -0.25) is 9.59 Å². The molecule has 3 rings (SSSR count). The van der Waals surface area contributed by atoms with E-state index in [4.69, 9.17) is 11.6 Å². The zero-order valence-electron chi connectivity index (χ0n) is 11.2. The Bertz CT molecular complexity index is 731. The van der Waals surface area contributed by atoms with Gasteiger partial charge in [-0.25, -0.2) is 4.68 Å². The van der Waals surface area contributed by atoms with Crippen LogP contribution in [-0.4, -0.2) is 21.3 Å². The molecule has 4 nitrogen and oxygen atoms in total. The van der Waals surface area contributed by atoms with Crippen LogP contribution in [-0.2, 0) is 11.2 Å². The summed E-state index contributed by atoms with van der Waals surface area (Å²) in [5, 5.41) is 4.79. The molecule has 0 aliphatic heterocycles. The summed E-state index contributed by atoms with van der Waals surface area (Å²) in [6, 6.07) is 7.30. The largest absolute Gasteiger partial charge is 0.290 e. The standard InChI is InChI=1S/C15H13ClN2O2/c1-15(2)7-12-9(13(19)14(15)20)8-17-18(12)11-6-4-3-5-10(11)16/h3-6,8H,7H2,1-2H3. The molecule has 1 aliphatic rings. The van der Waals surface area contributed by atoms with E-state index in [9.17, 15) is 9.59 Å². The Labute approximate surface area is 121 Å². The number of benzene rings is 1. The number of Topliss-reactive ketones (excluding diaryl/α,β-unsaturated/α-hetero) is 2. The number of ketones is 2. The van der Waals surface area contributed by atoms with Gasteiger partial charge < -0.3 is 0 Å². The Morgan fingerprint density at radius 3 is 2.65 bits per heavy atom. The molecule has 0 spiro atoms. The van der Waals surface area contributed by atoms with Crippen molar-refractivity contribution < 1.29 is 9.59 Å². The number of nitrogens with zero attached hydrogens (tertiary/aromatic N) is 2. The first kappa shape index (κ1) is 13.1. The minimum absolute atomic E-state index is 0.358. The highest BCUT2D eigenvalue weighted by Crippen LogP contribution is 2.34. The van der Waals surface area contributed by atoms with Crippen molar-refractivity contribution in [3.8, 4) is 5.69 Å². The van der Waals surface area contributed by atoms with Crippen LogP contribution in [0.1, 0.15) is 29.9 Å². The maximum atomic E-state index is 12.1. The van der Waals surface area contributed by atoms with Gasteiger partial charge >= 0.3 is 0 Å². The molecule has 0 amide bonds. The second-order valence-corrected chi connectivity index (χ2v) is 5.99. The van der Waals surface area contributed by atoms with E-state index in [2.05, 4.69) is 5.10 Å². The Kier molecular flexibility index (Phi) is 2.80. The van der Waals surface area contributed by atoms with Crippen LogP contribution in [0, 0.1) is 5.41 Å². The Balaban J connectivity index is 2.20. The maximum absolute atomic E-state index is 12.1. The molecule has 0 bridgehead atoms. The molecule has 0 fully saturated rings. The number of fused-ring (bicyclic) bond motifs is 1. The third-order valence-corrected chi connectivity index (χ3v) is 3.94. The topological polar surface area (TPSA) is 52.0 Å². The van der Waals surface area contributed by atoms with Crippen LogP contribution in [0.15, 0.2) is 30.5 Å². The second-order valence-electron chi connectivity index (χ2n) is 5.59. The minimum atomic E-state index is -0.705. The highest BCUT2D eigenvalue weighted by atomic mass is 35.5. The van der Waals surface area contributed by atoms with Crippen molar-refractivity contribution in [3.05, 3.63) is 46.7 Å². The summed E-state index contributed by atoms with van der Waals surface area (Å²) in [4.78, 5) is 24.1. The number of carbonyl (C=O) groups excluding carboxylic acids is 2. The summed E-state index contributed by atoms with van der Waals surface area (Å²) < 4.78 is 1.66. The monoisotopic (exact) mass is 288 g/mol. The fraction of sp³-hybridized carbons (Fsp3) is 0.267. The van der Waals surface area contributed by atoms with E-state index >= 15 is 0 Å². The molecule has 102 valence electrons. The first-order valence-electron chi connectivity index (χ1n) is 6.33. The molecule has 1 aromatic heterocycles. The Morgan fingerprint density at radius 2 is 1.95 bits per heavy atom. The Hall–Kier alpha value is -1.94. The molecule has 1 heterocycles. The van der Waals surface area contributed by atoms with Crippen LogP contribution < -0.4 is 0 Å². The summed E-state index contributed by atoms with van der Waals surface area (Å²) in [5.74, 6) is -0.821. The molecule has 1 aromatic carbocycles. The number of hydrogen-bond donors (Lipinski definition) is 0. The SMILES string of the molecule is CC1(C)Cc2c(cnn2-c2ccccc2Cl)C(=O)C1=O. The first-order chi connectivity index (χ1) is 9.42. The van der Waals surface area contributed by atoms with Crippen molar-refractivity contribution in [3.63, 3.8) is 0 Å². The second kappa shape index (κ2) is 4.28. The van der Waals surface area contributed by atoms with Crippen molar-refractivity contribution >= 4 is 23.2 Å². The van der Waals surface area contributed by atoms with Crippen LogP contribution >= 0.6 is 11.6 Å². The van der Waals surface area contributed by atoms with Gasteiger partial charge in [0.2, 0.25) is 11.6 Å². The van der Waals surface area contributed by atoms with E-state index in [0.29, 0.717) is 22.7 Å². The van der Waals surface area contributed by atoms with Crippen LogP contribution in [0.4, 0.5) is 0 Å². The predicted molar refractivity (Wildman–Crippen MR) is 75.4 cm³/mol. The van der Waals surface area contributed by atoms with E-state index in [1.165, 1.54) is 6.20 Å². The van der Waals surface area contributed by atoms with Crippen molar-refractivity contribution in [2.24, 2.45) is 5.41 Å². The van der Waals surface area contributed by atoms with Gasteiger partial charge in [0.25, 0.3) is 0 Å². The molecule has 0 N–H and O–H groups in total. The lowest BCUT2D eigenvalue weighted by atomic mass is 9.75. The smallest absolute Gasteiger partial charge is 0.232 e. The van der Waals surface area contributed by atoms with Gasteiger partial charge in [0, 0.05) is 11.8 Å². The zero-order valence-corrected chi connectivity index (χ0v) is 11.9. The lowest BCUT2D eigenvalue weighted by molar-refractivity contribution is -0.123. The normalized spacial score (nSPS) is 17.1. The quantitative estimate of drug-likeness (QED) is 0.758. The van der Waals surface area contributed by atoms with Gasteiger partial charge in [-0.2, -0.15) is 5.10 Å². The van der Waals surface area contributed by atoms with E-state index in [0.717, 1.165) is 5.69 Å². The maximum Gasteiger partial charge on any atom is 0.232 e. The van der Waals surface area contributed by atoms with Crippen LogP contribution in [0.3, 0.4) is 0 Å². The number of aromatic nitrogens is 2. The van der Waals surface area contributed by atoms with Crippen LogP contribution in [0.25, 0.3) is 5.69 Å². The van der Waals surface area contributed by atoms with Gasteiger partial charge in [-0.15, -0.1) is 0 Å². The minimum Gasteiger partial charge on any atom is -0.290 e. The molecule has 1 aliphatic carbocycles. The summed E-state index contributed by atoms with van der Waals surface area (Å²) in [6.07, 6.45) is 1.92. The highest BCUT2D eigenvalue weighted by molar-refractivity contribution is 6.46. The summed E-state index contributed by atoms with van der Waals surface area (Å²) in [6.45, 7) is 3.56. The van der Waals surface area contributed by atoms with Gasteiger partial charge in [0.05, 0.1) is 28.2 Å². The molecule has 20 heavy (non-hydrogen) atoms. The zero-order chi connectivity index (χ0) is 14.5. The average molecular weight is 289 g/mol. The van der Waals surface area contributed by atoms with Crippen molar-refractivity contribution in [2.45, 2.75) is 20.3 Å². The van der Waals surface area contributed by atoms with Crippen molar-refractivity contribution in [1.29, 1.82) is 0 Å². The fourth-order valence-corrected chi connectivity index (χ4v) is 2.71. The molecule has 0 radical (unpaired) electrons. The van der Waals surface area contributed by atoms with Gasteiger partial charge in [0.15, 0.2) is 0 Å². The fourth-order valence-electron chi connectivity index (χ4n) is 2.49. The summed E-state index contributed by atoms with van der Waals surface area (Å²) in [5.41, 5.74) is 1.14. The number of rotatable bonds is 1. The third kappa shape index (κ3) is 1.79. The molecule has 0 saturated heterocycles. The number of halogens is 1. The number of hydrogen-bond acceptors (Lipinski definition) is 3. The lowest BCUT2D eigenvalue weighted by Crippen LogP contribution is -2.38. The predicted octanol–water partition coefficient (Wildman–Crippen LogP) is 2.86.